The molecule has 168 valence electrons. The van der Waals surface area contributed by atoms with Crippen LogP contribution in [0.4, 0.5) is 0 Å². The molecule has 7 nitrogen and oxygen atoms in total. The van der Waals surface area contributed by atoms with Crippen molar-refractivity contribution in [3.8, 4) is 0 Å². The zero-order valence-electron chi connectivity index (χ0n) is 18.5. The maximum Gasteiger partial charge on any atom is 0.244 e. The molecule has 2 rings (SSSR count). The van der Waals surface area contributed by atoms with E-state index in [1.54, 1.807) is 17.0 Å². The average molecular weight is 445 g/mol. The number of carbonyl (C=O) groups excluding carboxylic acids is 1. The Morgan fingerprint density at radius 1 is 0.968 bits per heavy atom. The molecule has 0 aliphatic heterocycles. The fraction of sp³-hybridized carbons (Fsp3) is 0.391. The van der Waals surface area contributed by atoms with Gasteiger partial charge in [0.25, 0.3) is 0 Å². The van der Waals surface area contributed by atoms with Crippen LogP contribution < -0.4 is 10.6 Å². The summed E-state index contributed by atoms with van der Waals surface area (Å²) in [5.74, 6) is 0.555. The highest BCUT2D eigenvalue weighted by atomic mass is 32.2. The second-order valence-corrected chi connectivity index (χ2v) is 9.20. The number of benzene rings is 2. The molecule has 0 saturated heterocycles. The predicted molar refractivity (Wildman–Crippen MR) is 125 cm³/mol. The van der Waals surface area contributed by atoms with Crippen LogP contribution in [0.3, 0.4) is 0 Å². The molecule has 0 atom stereocenters. The normalized spacial score (nSPS) is 11.8. The van der Waals surface area contributed by atoms with E-state index in [-0.39, 0.29) is 12.5 Å². The molecule has 2 aromatic carbocycles. The van der Waals surface area contributed by atoms with Crippen LogP contribution in [0.5, 0.6) is 0 Å². The minimum absolute atomic E-state index is 0.0279. The number of nitrogens with zero attached hydrogens (tertiary/aromatic N) is 2. The van der Waals surface area contributed by atoms with Gasteiger partial charge < -0.3 is 15.5 Å². The van der Waals surface area contributed by atoms with Crippen molar-refractivity contribution in [2.45, 2.75) is 31.7 Å². The highest BCUT2D eigenvalue weighted by Gasteiger charge is 2.12. The lowest BCUT2D eigenvalue weighted by atomic mass is 10.1. The van der Waals surface area contributed by atoms with Crippen LogP contribution >= 0.6 is 0 Å². The SMILES string of the molecule is CCNC(=NCC(=O)N(CC)Cc1ccccc1)NCCc1ccc(S(C)(=O)=O)cc1. The summed E-state index contributed by atoms with van der Waals surface area (Å²) in [5.41, 5.74) is 2.11. The average Bonchev–Trinajstić information content (AvgIpc) is 2.76. The summed E-state index contributed by atoms with van der Waals surface area (Å²) >= 11 is 0. The van der Waals surface area contributed by atoms with E-state index in [1.807, 2.05) is 56.3 Å². The van der Waals surface area contributed by atoms with Gasteiger partial charge in [0.2, 0.25) is 5.91 Å². The molecule has 0 aromatic heterocycles. The molecule has 0 spiro atoms. The molecule has 0 radical (unpaired) electrons. The van der Waals surface area contributed by atoms with Crippen LogP contribution in [-0.4, -0.2) is 57.6 Å². The number of carbonyl (C=O) groups is 1. The Morgan fingerprint density at radius 3 is 2.23 bits per heavy atom. The second-order valence-electron chi connectivity index (χ2n) is 7.18. The molecule has 2 N–H and O–H groups in total. The summed E-state index contributed by atoms with van der Waals surface area (Å²) < 4.78 is 23.1. The Bertz CT molecular complexity index is 958. The zero-order valence-corrected chi connectivity index (χ0v) is 19.3. The number of likely N-dealkylation sites (N-methyl/N-ethyl adjacent to an activating group) is 1. The van der Waals surface area contributed by atoms with Gasteiger partial charge in [0.15, 0.2) is 15.8 Å². The first-order chi connectivity index (χ1) is 14.8. The largest absolute Gasteiger partial charge is 0.357 e. The number of guanidine groups is 1. The summed E-state index contributed by atoms with van der Waals surface area (Å²) in [6.45, 7) is 6.49. The second kappa shape index (κ2) is 12.1. The van der Waals surface area contributed by atoms with Gasteiger partial charge in [-0.05, 0) is 43.5 Å². The summed E-state index contributed by atoms with van der Waals surface area (Å²) in [6.07, 6.45) is 1.90. The first-order valence-electron chi connectivity index (χ1n) is 10.5. The Morgan fingerprint density at radius 2 is 1.65 bits per heavy atom. The van der Waals surface area contributed by atoms with Crippen molar-refractivity contribution >= 4 is 21.7 Å². The smallest absolute Gasteiger partial charge is 0.244 e. The summed E-state index contributed by atoms with van der Waals surface area (Å²) in [7, 11) is -3.19. The van der Waals surface area contributed by atoms with Gasteiger partial charge in [-0.2, -0.15) is 0 Å². The van der Waals surface area contributed by atoms with Gasteiger partial charge in [0.1, 0.15) is 6.54 Å². The fourth-order valence-corrected chi connectivity index (χ4v) is 3.63. The van der Waals surface area contributed by atoms with Crippen molar-refractivity contribution in [1.82, 2.24) is 15.5 Å². The summed E-state index contributed by atoms with van der Waals surface area (Å²) in [4.78, 5) is 19.1. The molecular weight excluding hydrogens is 412 g/mol. The topological polar surface area (TPSA) is 90.9 Å². The van der Waals surface area contributed by atoms with Crippen molar-refractivity contribution in [3.63, 3.8) is 0 Å². The van der Waals surface area contributed by atoms with Crippen molar-refractivity contribution in [2.24, 2.45) is 4.99 Å². The van der Waals surface area contributed by atoms with E-state index in [1.165, 1.54) is 6.26 Å². The van der Waals surface area contributed by atoms with Gasteiger partial charge in [-0.15, -0.1) is 0 Å². The molecule has 2 aromatic rings. The standard InChI is InChI=1S/C23H32N4O3S/c1-4-24-23(25-16-15-19-11-13-21(14-12-19)31(3,29)30)26-17-22(28)27(5-2)18-20-9-7-6-8-10-20/h6-14H,4-5,15-18H2,1-3H3,(H2,24,25,26). The first-order valence-corrected chi connectivity index (χ1v) is 12.4. The van der Waals surface area contributed by atoms with E-state index >= 15 is 0 Å². The van der Waals surface area contributed by atoms with Gasteiger partial charge in [-0.3, -0.25) is 4.79 Å². The molecule has 1 amide bonds. The maximum atomic E-state index is 12.6. The lowest BCUT2D eigenvalue weighted by Crippen LogP contribution is -2.40. The Kier molecular flexibility index (Phi) is 9.52. The van der Waals surface area contributed by atoms with Crippen molar-refractivity contribution < 1.29 is 13.2 Å². The van der Waals surface area contributed by atoms with Gasteiger partial charge in [-0.1, -0.05) is 42.5 Å². The number of hydrogen-bond acceptors (Lipinski definition) is 4. The monoisotopic (exact) mass is 444 g/mol. The van der Waals surface area contributed by atoms with Crippen LogP contribution in [0.25, 0.3) is 0 Å². The number of nitrogens with one attached hydrogen (secondary N) is 2. The van der Waals surface area contributed by atoms with Crippen LogP contribution in [0.2, 0.25) is 0 Å². The minimum atomic E-state index is -3.19. The fourth-order valence-electron chi connectivity index (χ4n) is 3.00. The number of rotatable bonds is 10. The lowest BCUT2D eigenvalue weighted by molar-refractivity contribution is -0.130. The van der Waals surface area contributed by atoms with Gasteiger partial charge in [-0.25, -0.2) is 13.4 Å². The van der Waals surface area contributed by atoms with E-state index in [0.29, 0.717) is 43.5 Å². The van der Waals surface area contributed by atoms with Crippen LogP contribution in [0.1, 0.15) is 25.0 Å². The quantitative estimate of drug-likeness (QED) is 0.433. The molecule has 31 heavy (non-hydrogen) atoms. The van der Waals surface area contributed by atoms with Crippen LogP contribution in [0.15, 0.2) is 64.5 Å². The van der Waals surface area contributed by atoms with Crippen molar-refractivity contribution in [1.29, 1.82) is 0 Å². The Balaban J connectivity index is 1.89. The molecular formula is C23H32N4O3S. The molecule has 0 unspecified atom stereocenters. The zero-order chi connectivity index (χ0) is 22.7. The Labute approximate surface area is 185 Å². The molecule has 0 heterocycles. The molecule has 0 saturated carbocycles. The Hall–Kier alpha value is -2.87. The number of aliphatic imine (C=N–C) groups is 1. The van der Waals surface area contributed by atoms with Crippen molar-refractivity contribution in [2.75, 3.05) is 32.4 Å². The predicted octanol–water partition coefficient (Wildman–Crippen LogP) is 2.24. The summed E-state index contributed by atoms with van der Waals surface area (Å²) in [5, 5.41) is 6.37. The number of amides is 1. The van der Waals surface area contributed by atoms with Gasteiger partial charge in [0.05, 0.1) is 4.90 Å². The molecule has 0 aliphatic carbocycles. The molecule has 0 aliphatic rings. The highest BCUT2D eigenvalue weighted by Crippen LogP contribution is 2.10. The molecule has 0 fully saturated rings. The van der Waals surface area contributed by atoms with Crippen LogP contribution in [0, 0.1) is 0 Å². The first kappa shape index (κ1) is 24.4. The van der Waals surface area contributed by atoms with E-state index < -0.39 is 9.84 Å². The third kappa shape index (κ3) is 8.41. The summed E-state index contributed by atoms with van der Waals surface area (Å²) in [6, 6.07) is 16.8. The third-order valence-corrected chi connectivity index (χ3v) is 5.85. The number of hydrogen-bond donors (Lipinski definition) is 2. The van der Waals surface area contributed by atoms with E-state index in [2.05, 4.69) is 15.6 Å². The van der Waals surface area contributed by atoms with Crippen LogP contribution in [-0.2, 0) is 27.6 Å². The highest BCUT2D eigenvalue weighted by molar-refractivity contribution is 7.90. The minimum Gasteiger partial charge on any atom is -0.357 e. The molecule has 0 bridgehead atoms. The van der Waals surface area contributed by atoms with Crippen molar-refractivity contribution in [3.05, 3.63) is 65.7 Å². The lowest BCUT2D eigenvalue weighted by Gasteiger charge is -2.20. The number of sulfone groups is 1. The van der Waals surface area contributed by atoms with E-state index in [9.17, 15) is 13.2 Å². The van der Waals surface area contributed by atoms with E-state index in [0.717, 1.165) is 11.1 Å². The third-order valence-electron chi connectivity index (χ3n) is 4.72. The van der Waals surface area contributed by atoms with Gasteiger partial charge in [0, 0.05) is 32.4 Å². The molecule has 8 heteroatoms. The van der Waals surface area contributed by atoms with E-state index in [4.69, 9.17) is 0 Å². The maximum absolute atomic E-state index is 12.6. The van der Waals surface area contributed by atoms with Gasteiger partial charge >= 0.3 is 0 Å².